The van der Waals surface area contributed by atoms with Crippen molar-refractivity contribution >= 4 is 17.8 Å². The summed E-state index contributed by atoms with van der Waals surface area (Å²) in [6.45, 7) is 10.1. The van der Waals surface area contributed by atoms with Crippen molar-refractivity contribution in [3.8, 4) is 11.3 Å². The number of ketones is 1. The van der Waals surface area contributed by atoms with Gasteiger partial charge in [-0.15, -0.1) is 0 Å². The third kappa shape index (κ3) is 7.06. The van der Waals surface area contributed by atoms with Crippen LogP contribution in [0.1, 0.15) is 75.3 Å². The molecule has 1 saturated heterocycles. The number of carboxylic acids is 1. The Morgan fingerprint density at radius 2 is 1.90 bits per heavy atom. The van der Waals surface area contributed by atoms with Crippen molar-refractivity contribution in [3.63, 3.8) is 0 Å². The molecule has 1 amide bonds. The van der Waals surface area contributed by atoms with E-state index in [1.54, 1.807) is 12.1 Å². The van der Waals surface area contributed by atoms with Gasteiger partial charge < -0.3 is 25.0 Å². The van der Waals surface area contributed by atoms with Crippen LogP contribution in [0.25, 0.3) is 11.3 Å². The number of piperidine rings is 1. The average Bonchev–Trinajstić information content (AvgIpc) is 3.27. The van der Waals surface area contributed by atoms with Crippen LogP contribution in [0.4, 0.5) is 4.79 Å². The highest BCUT2D eigenvalue weighted by Crippen LogP contribution is 2.32. The molecule has 0 saturated carbocycles. The van der Waals surface area contributed by atoms with Gasteiger partial charge in [0.1, 0.15) is 11.4 Å². The number of amides is 1. The molecule has 0 aliphatic carbocycles. The zero-order valence-electron chi connectivity index (χ0n) is 23.6. The van der Waals surface area contributed by atoms with Crippen LogP contribution in [0.3, 0.4) is 0 Å². The van der Waals surface area contributed by atoms with Gasteiger partial charge in [0.2, 0.25) is 0 Å². The quantitative estimate of drug-likeness (QED) is 0.403. The largest absolute Gasteiger partial charge is 0.481 e. The molecule has 0 bridgehead atoms. The van der Waals surface area contributed by atoms with E-state index < -0.39 is 29.5 Å². The van der Waals surface area contributed by atoms with Crippen molar-refractivity contribution in [2.75, 3.05) is 19.6 Å². The molecule has 9 heteroatoms. The Kier molecular flexibility index (Phi) is 9.10. The highest BCUT2D eigenvalue weighted by molar-refractivity contribution is 6.00. The number of hydrogen-bond acceptors (Lipinski definition) is 6. The number of fused-ring (bicyclic) bond motifs is 1. The van der Waals surface area contributed by atoms with E-state index in [0.717, 1.165) is 55.7 Å². The second-order valence-corrected chi connectivity index (χ2v) is 11.8. The van der Waals surface area contributed by atoms with Crippen LogP contribution in [0, 0.1) is 17.8 Å². The van der Waals surface area contributed by atoms with Crippen LogP contribution in [0.5, 0.6) is 0 Å². The number of alkyl carbamates (subject to hydrolysis) is 1. The van der Waals surface area contributed by atoms with E-state index in [1.807, 2.05) is 32.9 Å². The van der Waals surface area contributed by atoms with Gasteiger partial charge >= 0.3 is 12.1 Å². The summed E-state index contributed by atoms with van der Waals surface area (Å²) in [5, 5.41) is 15.7. The molecule has 1 aromatic heterocycles. The number of carbonyl (C=O) groups is 3. The minimum absolute atomic E-state index is 0.128. The van der Waals surface area contributed by atoms with Crippen molar-refractivity contribution < 1.29 is 24.2 Å². The highest BCUT2D eigenvalue weighted by Gasteiger charge is 2.36. The van der Waals surface area contributed by atoms with Gasteiger partial charge in [0.05, 0.1) is 11.6 Å². The number of aliphatic carboxylic acids is 1. The molecular weight excluding hydrogens is 496 g/mol. The molecule has 9 nitrogen and oxygen atoms in total. The Morgan fingerprint density at radius 1 is 1.15 bits per heavy atom. The van der Waals surface area contributed by atoms with Gasteiger partial charge in [-0.3, -0.25) is 9.59 Å². The number of unbranched alkanes of at least 4 members (excludes halogenated alkanes) is 1. The Hall–Kier alpha value is -3.20. The van der Waals surface area contributed by atoms with Crippen LogP contribution < -0.4 is 10.6 Å². The third-order valence-electron chi connectivity index (χ3n) is 7.66. The predicted molar refractivity (Wildman–Crippen MR) is 149 cm³/mol. The number of aromatic nitrogens is 2. The van der Waals surface area contributed by atoms with Crippen molar-refractivity contribution in [2.24, 2.45) is 17.8 Å². The molecule has 3 N–H and O–H groups in total. The van der Waals surface area contributed by atoms with Crippen LogP contribution >= 0.6 is 0 Å². The van der Waals surface area contributed by atoms with Crippen molar-refractivity contribution in [1.29, 1.82) is 0 Å². The van der Waals surface area contributed by atoms with E-state index in [9.17, 15) is 19.5 Å². The number of rotatable bonds is 9. The van der Waals surface area contributed by atoms with Gasteiger partial charge in [0, 0.05) is 48.8 Å². The minimum atomic E-state index is -0.907. The minimum Gasteiger partial charge on any atom is -0.481 e. The highest BCUT2D eigenvalue weighted by atomic mass is 16.6. The zero-order chi connectivity index (χ0) is 28.2. The van der Waals surface area contributed by atoms with Crippen molar-refractivity contribution in [3.05, 3.63) is 41.3 Å². The summed E-state index contributed by atoms with van der Waals surface area (Å²) in [7, 11) is 0. The maximum Gasteiger partial charge on any atom is 0.407 e. The second-order valence-electron chi connectivity index (χ2n) is 11.8. The second kappa shape index (κ2) is 12.3. The molecule has 3 heterocycles. The summed E-state index contributed by atoms with van der Waals surface area (Å²) >= 11 is 0. The summed E-state index contributed by atoms with van der Waals surface area (Å²) < 4.78 is 7.71. The lowest BCUT2D eigenvalue weighted by Crippen LogP contribution is -2.44. The van der Waals surface area contributed by atoms with E-state index in [2.05, 4.69) is 22.1 Å². The molecule has 2 aliphatic rings. The smallest absolute Gasteiger partial charge is 0.407 e. The number of Topliss-reactive ketones (excluding diaryl/α,β-unsaturated/α-hetero) is 1. The fourth-order valence-corrected chi connectivity index (χ4v) is 5.61. The summed E-state index contributed by atoms with van der Waals surface area (Å²) in [6, 6.07) is 7.48. The summed E-state index contributed by atoms with van der Waals surface area (Å²) in [6.07, 6.45) is 4.85. The molecule has 1 fully saturated rings. The molecule has 2 aromatic rings. The van der Waals surface area contributed by atoms with E-state index >= 15 is 0 Å². The zero-order valence-corrected chi connectivity index (χ0v) is 23.6. The predicted octanol–water partition coefficient (Wildman–Crippen LogP) is 4.47. The first-order chi connectivity index (χ1) is 18.6. The van der Waals surface area contributed by atoms with Crippen molar-refractivity contribution in [2.45, 2.75) is 78.4 Å². The van der Waals surface area contributed by atoms with Gasteiger partial charge in [-0.1, -0.05) is 37.6 Å². The molecule has 4 rings (SSSR count). The van der Waals surface area contributed by atoms with Crippen LogP contribution in [-0.4, -0.2) is 57.7 Å². The monoisotopic (exact) mass is 538 g/mol. The number of carbonyl (C=O) groups excluding carboxylic acids is 2. The normalized spacial score (nSPS) is 21.2. The van der Waals surface area contributed by atoms with Gasteiger partial charge in [0.25, 0.3) is 0 Å². The summed E-state index contributed by atoms with van der Waals surface area (Å²) in [4.78, 5) is 42.1. The van der Waals surface area contributed by atoms with Crippen LogP contribution in [0.2, 0.25) is 0 Å². The molecule has 39 heavy (non-hydrogen) atoms. The van der Waals surface area contributed by atoms with E-state index in [0.29, 0.717) is 31.6 Å². The Labute approximate surface area is 230 Å². The van der Waals surface area contributed by atoms with Crippen LogP contribution in [-0.2, 0) is 28.9 Å². The lowest BCUT2D eigenvalue weighted by atomic mass is 9.81. The summed E-state index contributed by atoms with van der Waals surface area (Å²) in [5.41, 5.74) is 3.12. The number of nitrogens with one attached hydrogen (secondary N) is 2. The number of hydrogen-bond donors (Lipinski definition) is 3. The number of imidazole rings is 1. The molecule has 0 spiro atoms. The van der Waals surface area contributed by atoms with Crippen LogP contribution in [0.15, 0.2) is 24.3 Å². The first kappa shape index (κ1) is 28.8. The van der Waals surface area contributed by atoms with Gasteiger partial charge in [-0.05, 0) is 58.9 Å². The number of carboxylic acid groups (broad SMARTS) is 1. The maximum atomic E-state index is 13.2. The molecule has 2 aliphatic heterocycles. The number of benzene rings is 1. The van der Waals surface area contributed by atoms with Gasteiger partial charge in [0.15, 0.2) is 5.78 Å². The Morgan fingerprint density at radius 3 is 2.56 bits per heavy atom. The average molecular weight is 539 g/mol. The fraction of sp³-hybridized carbons (Fsp3) is 0.600. The maximum absolute atomic E-state index is 13.2. The fourth-order valence-electron chi connectivity index (χ4n) is 5.61. The molecule has 3 unspecified atom stereocenters. The number of ether oxygens (including phenoxy) is 1. The van der Waals surface area contributed by atoms with E-state index in [1.165, 1.54) is 5.69 Å². The van der Waals surface area contributed by atoms with E-state index in [4.69, 9.17) is 9.72 Å². The molecule has 3 atom stereocenters. The molecular formula is C30H42N4O5. The number of nitrogens with zero attached hydrogens (tertiary/aromatic N) is 2. The Bertz CT molecular complexity index is 1180. The molecule has 1 aromatic carbocycles. The van der Waals surface area contributed by atoms with Gasteiger partial charge in [-0.25, -0.2) is 9.78 Å². The molecule has 0 radical (unpaired) electrons. The SMILES string of the molecule is CCCCc1c(-c2ccc(C(=O)C3CNCCC3C(=O)O)cc2)nc2n1CCC(CNC(=O)OC(C)(C)C)C2. The van der Waals surface area contributed by atoms with Gasteiger partial charge in [-0.2, -0.15) is 0 Å². The lowest BCUT2D eigenvalue weighted by molar-refractivity contribution is -0.143. The topological polar surface area (TPSA) is 123 Å². The first-order valence-electron chi connectivity index (χ1n) is 14.2. The first-order valence-corrected chi connectivity index (χ1v) is 14.2. The lowest BCUT2D eigenvalue weighted by Gasteiger charge is -2.28. The van der Waals surface area contributed by atoms with Crippen molar-refractivity contribution in [1.82, 2.24) is 20.2 Å². The van der Waals surface area contributed by atoms with E-state index in [-0.39, 0.29) is 11.7 Å². The molecule has 212 valence electrons. The third-order valence-corrected chi connectivity index (χ3v) is 7.66. The Balaban J connectivity index is 1.50. The standard InChI is InChI=1S/C30H42N4O5/c1-5-6-7-24-26(33-25-16-19(13-15-34(24)25)17-32-29(38)39-30(2,3)4)20-8-10-21(11-9-20)27(35)23-18-31-14-12-22(23)28(36)37/h8-11,19,22-23,31H,5-7,12-18H2,1-4H3,(H,32,38)(H,36,37). The summed E-state index contributed by atoms with van der Waals surface area (Å²) in [5.74, 6) is -0.946.